The number of nitrogens with zero attached hydrogens (tertiary/aromatic N) is 1. The highest BCUT2D eigenvalue weighted by Crippen LogP contribution is 2.53. The van der Waals surface area contributed by atoms with Gasteiger partial charge in [0.25, 0.3) is 0 Å². The molecule has 82 valence electrons. The van der Waals surface area contributed by atoms with E-state index in [1.807, 2.05) is 0 Å². The normalized spacial score (nSPS) is 42.7. The van der Waals surface area contributed by atoms with Gasteiger partial charge in [0.1, 0.15) is 5.92 Å². The maximum absolute atomic E-state index is 9.32. The van der Waals surface area contributed by atoms with Crippen molar-refractivity contribution < 1.29 is 9.47 Å². The smallest absolute Gasteiger partial charge is 0.184 e. The molecule has 2 aliphatic carbocycles. The Morgan fingerprint density at radius 3 is 2.60 bits per heavy atom. The summed E-state index contributed by atoms with van der Waals surface area (Å²) in [5.74, 6) is 0.655. The molecule has 3 heteroatoms. The van der Waals surface area contributed by atoms with E-state index in [9.17, 15) is 5.26 Å². The third-order valence-electron chi connectivity index (χ3n) is 4.33. The maximum Gasteiger partial charge on any atom is 0.184 e. The monoisotopic (exact) mass is 207 g/mol. The summed E-state index contributed by atoms with van der Waals surface area (Å²) in [7, 11) is 0. The van der Waals surface area contributed by atoms with E-state index in [4.69, 9.17) is 9.47 Å². The van der Waals surface area contributed by atoms with Gasteiger partial charge in [0.2, 0.25) is 0 Å². The Balaban J connectivity index is 1.88. The molecule has 1 spiro atoms. The fourth-order valence-electron chi connectivity index (χ4n) is 3.71. The van der Waals surface area contributed by atoms with Crippen LogP contribution in [0.2, 0.25) is 0 Å². The molecule has 3 aliphatic rings. The molecular weight excluding hydrogens is 190 g/mol. The van der Waals surface area contributed by atoms with Crippen molar-refractivity contribution in [3.05, 3.63) is 0 Å². The highest BCUT2D eigenvalue weighted by molar-refractivity contribution is 5.08. The van der Waals surface area contributed by atoms with Crippen LogP contribution in [-0.2, 0) is 9.47 Å². The molecule has 1 saturated heterocycles. The number of nitriles is 1. The van der Waals surface area contributed by atoms with Gasteiger partial charge in [-0.1, -0.05) is 12.8 Å². The van der Waals surface area contributed by atoms with Gasteiger partial charge in [-0.15, -0.1) is 0 Å². The molecule has 3 rings (SSSR count). The molecule has 0 unspecified atom stereocenters. The second kappa shape index (κ2) is 3.47. The summed E-state index contributed by atoms with van der Waals surface area (Å²) in [6.45, 7) is 1.33. The lowest BCUT2D eigenvalue weighted by atomic mass is 9.78. The van der Waals surface area contributed by atoms with E-state index in [1.165, 1.54) is 25.7 Å². The average Bonchev–Trinajstić information content (AvgIpc) is 2.83. The molecule has 0 aromatic rings. The number of fused-ring (bicyclic) bond motifs is 1. The van der Waals surface area contributed by atoms with Crippen LogP contribution in [-0.4, -0.2) is 19.0 Å². The number of hydrogen-bond acceptors (Lipinski definition) is 3. The van der Waals surface area contributed by atoms with E-state index >= 15 is 0 Å². The molecular formula is C12H17NO2. The van der Waals surface area contributed by atoms with Crippen molar-refractivity contribution in [3.8, 4) is 6.07 Å². The molecule has 0 bridgehead atoms. The third kappa shape index (κ3) is 1.32. The van der Waals surface area contributed by atoms with Crippen LogP contribution in [0, 0.1) is 29.1 Å². The summed E-state index contributed by atoms with van der Waals surface area (Å²) in [5.41, 5.74) is 0. The molecule has 0 amide bonds. The maximum atomic E-state index is 9.32. The van der Waals surface area contributed by atoms with Crippen LogP contribution in [0.5, 0.6) is 0 Å². The van der Waals surface area contributed by atoms with Crippen molar-refractivity contribution in [3.63, 3.8) is 0 Å². The van der Waals surface area contributed by atoms with Crippen molar-refractivity contribution in [1.82, 2.24) is 0 Å². The molecule has 2 saturated carbocycles. The molecule has 0 radical (unpaired) electrons. The van der Waals surface area contributed by atoms with Crippen LogP contribution < -0.4 is 0 Å². The van der Waals surface area contributed by atoms with E-state index in [0.29, 0.717) is 25.0 Å². The Morgan fingerprint density at radius 1 is 1.13 bits per heavy atom. The van der Waals surface area contributed by atoms with Crippen LogP contribution in [0.25, 0.3) is 0 Å². The molecule has 0 aromatic carbocycles. The van der Waals surface area contributed by atoms with Gasteiger partial charge in [-0.2, -0.15) is 5.26 Å². The van der Waals surface area contributed by atoms with Crippen LogP contribution >= 0.6 is 0 Å². The van der Waals surface area contributed by atoms with Crippen molar-refractivity contribution >= 4 is 0 Å². The van der Waals surface area contributed by atoms with Crippen molar-refractivity contribution in [2.24, 2.45) is 17.8 Å². The predicted octanol–water partition coefficient (Wildman–Crippen LogP) is 2.08. The number of rotatable bonds is 0. The minimum Gasteiger partial charge on any atom is -0.346 e. The molecule has 15 heavy (non-hydrogen) atoms. The zero-order chi connectivity index (χ0) is 10.3. The molecule has 3 atom stereocenters. The van der Waals surface area contributed by atoms with Gasteiger partial charge in [-0.25, -0.2) is 0 Å². The molecule has 0 N–H and O–H groups in total. The topological polar surface area (TPSA) is 42.2 Å². The van der Waals surface area contributed by atoms with Gasteiger partial charge in [-0.3, -0.25) is 0 Å². The number of hydrogen-bond donors (Lipinski definition) is 0. The SMILES string of the molecule is N#C[C@@H]1[C@@H]2CCCC[C@H]2CC12OCCO2. The first-order chi connectivity index (χ1) is 7.36. The first-order valence-electron chi connectivity index (χ1n) is 6.03. The lowest BCUT2D eigenvalue weighted by Crippen LogP contribution is -2.35. The Bertz CT molecular complexity index is 290. The van der Waals surface area contributed by atoms with E-state index in [2.05, 4.69) is 6.07 Å². The Labute approximate surface area is 90.4 Å². The summed E-state index contributed by atoms with van der Waals surface area (Å²) in [4.78, 5) is 0. The van der Waals surface area contributed by atoms with E-state index in [-0.39, 0.29) is 5.92 Å². The lowest BCUT2D eigenvalue weighted by Gasteiger charge is -2.28. The summed E-state index contributed by atoms with van der Waals surface area (Å²) in [6, 6.07) is 2.45. The number of ether oxygens (including phenoxy) is 2. The second-order valence-electron chi connectivity index (χ2n) is 5.03. The summed E-state index contributed by atoms with van der Waals surface area (Å²) in [6.07, 6.45) is 6.00. The van der Waals surface area contributed by atoms with Gasteiger partial charge in [-0.05, 0) is 24.7 Å². The molecule has 3 nitrogen and oxygen atoms in total. The van der Waals surface area contributed by atoms with Crippen molar-refractivity contribution in [2.45, 2.75) is 37.9 Å². The third-order valence-corrected chi connectivity index (χ3v) is 4.33. The summed E-state index contributed by atoms with van der Waals surface area (Å²) in [5, 5.41) is 9.32. The minimum atomic E-state index is -0.519. The van der Waals surface area contributed by atoms with E-state index in [1.54, 1.807) is 0 Å². The molecule has 1 aliphatic heterocycles. The average molecular weight is 207 g/mol. The molecule has 3 fully saturated rings. The van der Waals surface area contributed by atoms with Gasteiger partial charge in [0, 0.05) is 6.42 Å². The van der Waals surface area contributed by atoms with Crippen LogP contribution in [0.15, 0.2) is 0 Å². The van der Waals surface area contributed by atoms with Gasteiger partial charge in [0.05, 0.1) is 19.3 Å². The highest BCUT2D eigenvalue weighted by Gasteiger charge is 2.57. The van der Waals surface area contributed by atoms with Gasteiger partial charge in [0.15, 0.2) is 5.79 Å². The Morgan fingerprint density at radius 2 is 1.87 bits per heavy atom. The fourth-order valence-corrected chi connectivity index (χ4v) is 3.71. The largest absolute Gasteiger partial charge is 0.346 e. The van der Waals surface area contributed by atoms with Crippen molar-refractivity contribution in [1.29, 1.82) is 5.26 Å². The lowest BCUT2D eigenvalue weighted by molar-refractivity contribution is -0.173. The quantitative estimate of drug-likeness (QED) is 0.610. The van der Waals surface area contributed by atoms with Crippen molar-refractivity contribution in [2.75, 3.05) is 13.2 Å². The second-order valence-corrected chi connectivity index (χ2v) is 5.03. The van der Waals surface area contributed by atoms with Gasteiger partial charge >= 0.3 is 0 Å². The molecule has 0 aromatic heterocycles. The zero-order valence-corrected chi connectivity index (χ0v) is 8.95. The summed E-state index contributed by atoms with van der Waals surface area (Å²) < 4.78 is 11.5. The zero-order valence-electron chi connectivity index (χ0n) is 8.95. The predicted molar refractivity (Wildman–Crippen MR) is 53.8 cm³/mol. The molecule has 1 heterocycles. The Kier molecular flexibility index (Phi) is 2.22. The standard InChI is InChI=1S/C12H17NO2/c13-8-11-10-4-2-1-3-9(10)7-12(11)14-5-6-15-12/h9-11H,1-7H2/t9-,10+,11+/m0/s1. The van der Waals surface area contributed by atoms with E-state index in [0.717, 1.165) is 6.42 Å². The van der Waals surface area contributed by atoms with Crippen LogP contribution in [0.4, 0.5) is 0 Å². The van der Waals surface area contributed by atoms with Crippen LogP contribution in [0.1, 0.15) is 32.1 Å². The van der Waals surface area contributed by atoms with Gasteiger partial charge < -0.3 is 9.47 Å². The van der Waals surface area contributed by atoms with E-state index < -0.39 is 5.79 Å². The Hall–Kier alpha value is -0.590. The first kappa shape index (κ1) is 9.62. The van der Waals surface area contributed by atoms with Crippen LogP contribution in [0.3, 0.4) is 0 Å². The highest BCUT2D eigenvalue weighted by atomic mass is 16.7. The fraction of sp³-hybridized carbons (Fsp3) is 0.917. The first-order valence-corrected chi connectivity index (χ1v) is 6.03. The minimum absolute atomic E-state index is 0.0229. The summed E-state index contributed by atoms with van der Waals surface area (Å²) >= 11 is 0.